The summed E-state index contributed by atoms with van der Waals surface area (Å²) in [7, 11) is 0. The largest absolute Gasteiger partial charge is 0.475 e. The average molecular weight is 274 g/mol. The molecule has 1 aromatic heterocycles. The molecule has 0 aliphatic heterocycles. The van der Waals surface area contributed by atoms with Gasteiger partial charge in [-0.3, -0.25) is 0 Å². The molecule has 0 saturated heterocycles. The van der Waals surface area contributed by atoms with Crippen molar-refractivity contribution in [2.24, 2.45) is 0 Å². The van der Waals surface area contributed by atoms with Gasteiger partial charge in [-0.25, -0.2) is 4.79 Å². The number of rotatable bonds is 3. The molecule has 0 fully saturated rings. The maximum atomic E-state index is 10.8. The molecule has 0 amide bonds. The molecule has 1 heterocycles. The third kappa shape index (κ3) is 2.75. The first kappa shape index (κ1) is 14.3. The van der Waals surface area contributed by atoms with E-state index in [-0.39, 0.29) is 16.9 Å². The van der Waals surface area contributed by atoms with Gasteiger partial charge in [-0.15, -0.1) is 0 Å². The normalized spacial score (nSPS) is 13.2. The van der Waals surface area contributed by atoms with Gasteiger partial charge in [0, 0.05) is 0 Å². The maximum Gasteiger partial charge on any atom is 0.371 e. The highest BCUT2D eigenvalue weighted by molar-refractivity contribution is 5.84. The lowest BCUT2D eigenvalue weighted by Gasteiger charge is -2.24. The van der Waals surface area contributed by atoms with Crippen LogP contribution >= 0.6 is 0 Å². The first-order valence-electron chi connectivity index (χ1n) is 6.41. The van der Waals surface area contributed by atoms with Gasteiger partial charge >= 0.3 is 5.97 Å². The fourth-order valence-corrected chi connectivity index (χ4v) is 2.19. The van der Waals surface area contributed by atoms with Crippen molar-refractivity contribution in [2.75, 3.05) is 0 Å². The number of carbonyl (C=O) groups is 1. The second-order valence-electron chi connectivity index (χ2n) is 5.75. The third-order valence-electron chi connectivity index (χ3n) is 3.17. The van der Waals surface area contributed by atoms with Crippen LogP contribution in [0.15, 0.2) is 40.8 Å². The van der Waals surface area contributed by atoms with Gasteiger partial charge < -0.3 is 14.6 Å². The average Bonchev–Trinajstić information content (AvgIpc) is 2.86. The molecule has 106 valence electrons. The number of aromatic carboxylic acids is 1. The van der Waals surface area contributed by atoms with E-state index in [0.717, 1.165) is 11.1 Å². The van der Waals surface area contributed by atoms with E-state index in [1.807, 2.05) is 24.3 Å². The topological polar surface area (TPSA) is 70.7 Å². The van der Waals surface area contributed by atoms with Gasteiger partial charge in [-0.1, -0.05) is 45.0 Å². The molecule has 2 rings (SSSR count). The van der Waals surface area contributed by atoms with Gasteiger partial charge in [0.05, 0.1) is 0 Å². The summed E-state index contributed by atoms with van der Waals surface area (Å²) in [6.07, 6.45) is -0.974. The van der Waals surface area contributed by atoms with Gasteiger partial charge in [0.25, 0.3) is 0 Å². The number of hydrogen-bond donors (Lipinski definition) is 2. The minimum absolute atomic E-state index is 0.125. The number of hydrogen-bond acceptors (Lipinski definition) is 3. The van der Waals surface area contributed by atoms with Crippen LogP contribution in [-0.4, -0.2) is 16.2 Å². The van der Waals surface area contributed by atoms with Crippen molar-refractivity contribution >= 4 is 5.97 Å². The zero-order valence-corrected chi connectivity index (χ0v) is 11.8. The molecule has 20 heavy (non-hydrogen) atoms. The Balaban J connectivity index is 2.43. The molecule has 4 nitrogen and oxygen atoms in total. The lowest BCUT2D eigenvalue weighted by atomic mass is 9.82. The highest BCUT2D eigenvalue weighted by Crippen LogP contribution is 2.33. The zero-order chi connectivity index (χ0) is 14.9. The SMILES string of the molecule is CC(C)(C)c1ccccc1C(O)c1ccc(C(=O)O)o1. The molecule has 0 radical (unpaired) electrons. The van der Waals surface area contributed by atoms with Crippen LogP contribution in [0.1, 0.15) is 54.3 Å². The quantitative estimate of drug-likeness (QED) is 0.900. The van der Waals surface area contributed by atoms with Crippen LogP contribution in [0.25, 0.3) is 0 Å². The van der Waals surface area contributed by atoms with Gasteiger partial charge in [-0.2, -0.15) is 0 Å². The molecule has 2 aromatic rings. The van der Waals surface area contributed by atoms with E-state index in [0.29, 0.717) is 0 Å². The predicted molar refractivity (Wildman–Crippen MR) is 74.9 cm³/mol. The summed E-state index contributed by atoms with van der Waals surface area (Å²) in [6, 6.07) is 10.4. The fraction of sp³-hybridized carbons (Fsp3) is 0.312. The number of carboxylic acids is 1. The minimum Gasteiger partial charge on any atom is -0.475 e. The molecule has 0 bridgehead atoms. The molecule has 2 N–H and O–H groups in total. The summed E-state index contributed by atoms with van der Waals surface area (Å²) in [6.45, 7) is 6.18. The van der Waals surface area contributed by atoms with E-state index in [2.05, 4.69) is 20.8 Å². The van der Waals surface area contributed by atoms with Crippen molar-refractivity contribution in [1.82, 2.24) is 0 Å². The summed E-state index contributed by atoms with van der Waals surface area (Å²) in [5, 5.41) is 19.3. The van der Waals surface area contributed by atoms with Gasteiger partial charge in [-0.05, 0) is 28.7 Å². The number of aliphatic hydroxyl groups is 1. The zero-order valence-electron chi connectivity index (χ0n) is 11.8. The van der Waals surface area contributed by atoms with Crippen LogP contribution in [0.5, 0.6) is 0 Å². The number of carboxylic acid groups (broad SMARTS) is 1. The van der Waals surface area contributed by atoms with E-state index in [1.54, 1.807) is 0 Å². The van der Waals surface area contributed by atoms with Crippen molar-refractivity contribution < 1.29 is 19.4 Å². The molecule has 1 unspecified atom stereocenters. The second kappa shape index (κ2) is 5.13. The second-order valence-corrected chi connectivity index (χ2v) is 5.75. The minimum atomic E-state index is -1.15. The molecule has 0 spiro atoms. The smallest absolute Gasteiger partial charge is 0.371 e. The Kier molecular flexibility index (Phi) is 3.68. The van der Waals surface area contributed by atoms with Crippen molar-refractivity contribution in [2.45, 2.75) is 32.3 Å². The van der Waals surface area contributed by atoms with Crippen LogP contribution in [0.3, 0.4) is 0 Å². The molecule has 0 aliphatic carbocycles. The maximum absolute atomic E-state index is 10.8. The Hall–Kier alpha value is -2.07. The molecule has 1 atom stereocenters. The van der Waals surface area contributed by atoms with E-state index < -0.39 is 12.1 Å². The predicted octanol–water partition coefficient (Wildman–Crippen LogP) is 3.36. The van der Waals surface area contributed by atoms with Crippen LogP contribution in [-0.2, 0) is 5.41 Å². The van der Waals surface area contributed by atoms with Crippen LogP contribution < -0.4 is 0 Å². The van der Waals surface area contributed by atoms with E-state index in [9.17, 15) is 9.90 Å². The van der Waals surface area contributed by atoms with Crippen molar-refractivity contribution in [3.8, 4) is 0 Å². The Morgan fingerprint density at radius 2 is 1.80 bits per heavy atom. The van der Waals surface area contributed by atoms with Gasteiger partial charge in [0.15, 0.2) is 0 Å². The lowest BCUT2D eigenvalue weighted by molar-refractivity contribution is 0.0655. The Bertz CT molecular complexity index is 619. The standard InChI is InChI=1S/C16H18O4/c1-16(2,3)11-7-5-4-6-10(11)14(17)12-8-9-13(20-12)15(18)19/h4-9,14,17H,1-3H3,(H,18,19). The number of aliphatic hydroxyl groups excluding tert-OH is 1. The fourth-order valence-electron chi connectivity index (χ4n) is 2.19. The monoisotopic (exact) mass is 274 g/mol. The van der Waals surface area contributed by atoms with Crippen LogP contribution in [0.2, 0.25) is 0 Å². The molecular weight excluding hydrogens is 256 g/mol. The van der Waals surface area contributed by atoms with Crippen molar-refractivity contribution in [3.05, 3.63) is 59.0 Å². The lowest BCUT2D eigenvalue weighted by Crippen LogP contribution is -2.16. The summed E-state index contributed by atoms with van der Waals surface area (Å²) >= 11 is 0. The highest BCUT2D eigenvalue weighted by Gasteiger charge is 2.24. The summed E-state index contributed by atoms with van der Waals surface area (Å²) < 4.78 is 5.18. The summed E-state index contributed by atoms with van der Waals surface area (Å²) in [4.78, 5) is 10.8. The first-order chi connectivity index (χ1) is 9.30. The molecule has 1 aromatic carbocycles. The van der Waals surface area contributed by atoms with Crippen LogP contribution in [0.4, 0.5) is 0 Å². The molecule has 0 aliphatic rings. The molecule has 4 heteroatoms. The van der Waals surface area contributed by atoms with E-state index >= 15 is 0 Å². The van der Waals surface area contributed by atoms with Crippen molar-refractivity contribution in [3.63, 3.8) is 0 Å². The Morgan fingerprint density at radius 3 is 2.35 bits per heavy atom. The van der Waals surface area contributed by atoms with E-state index in [1.165, 1.54) is 12.1 Å². The Labute approximate surface area is 117 Å². The third-order valence-corrected chi connectivity index (χ3v) is 3.17. The molecular formula is C16H18O4. The number of benzene rings is 1. The summed E-state index contributed by atoms with van der Waals surface area (Å²) in [5.74, 6) is -1.08. The first-order valence-corrected chi connectivity index (χ1v) is 6.41. The van der Waals surface area contributed by atoms with Gasteiger partial charge in [0.1, 0.15) is 11.9 Å². The van der Waals surface area contributed by atoms with Gasteiger partial charge in [0.2, 0.25) is 5.76 Å². The number of furan rings is 1. The molecule has 0 saturated carbocycles. The van der Waals surface area contributed by atoms with E-state index in [4.69, 9.17) is 9.52 Å². The van der Waals surface area contributed by atoms with Crippen LogP contribution in [0, 0.1) is 0 Å². The summed E-state index contributed by atoms with van der Waals surface area (Å²) in [5.41, 5.74) is 1.60. The Morgan fingerprint density at radius 1 is 1.15 bits per heavy atom. The highest BCUT2D eigenvalue weighted by atomic mass is 16.4. The van der Waals surface area contributed by atoms with Crippen molar-refractivity contribution in [1.29, 1.82) is 0 Å².